The van der Waals surface area contributed by atoms with Crippen LogP contribution in [0.5, 0.6) is 0 Å². The van der Waals surface area contributed by atoms with Crippen molar-refractivity contribution in [3.8, 4) is 11.4 Å². The van der Waals surface area contributed by atoms with Crippen LogP contribution in [0, 0.1) is 6.92 Å². The summed E-state index contributed by atoms with van der Waals surface area (Å²) in [7, 11) is 0. The highest BCUT2D eigenvalue weighted by Gasteiger charge is 2.31. The number of halogens is 1. The standard InChI is InChI=1S/C28H36ClN5O7/c1-6-39-27(38)41-34-14-12-33(13-15-34)26(37)21(10-11-23(35)40-28(3,4)5)32-25(36)22-16-18(2)30-24(31-22)19-8-7-9-20(29)17-19/h7-9,16-17,21H,6,10-15H2,1-5H3,(H,32,36)/t21-/m0/s1. The maximum Gasteiger partial charge on any atom is 0.527 e. The van der Waals surface area contributed by atoms with Crippen LogP contribution in [0.25, 0.3) is 11.4 Å². The van der Waals surface area contributed by atoms with E-state index >= 15 is 0 Å². The number of rotatable bonds is 9. The van der Waals surface area contributed by atoms with Gasteiger partial charge in [-0.05, 0) is 59.2 Å². The molecule has 0 radical (unpaired) electrons. The van der Waals surface area contributed by atoms with Crippen molar-refractivity contribution in [2.45, 2.75) is 59.1 Å². The van der Waals surface area contributed by atoms with Crippen molar-refractivity contribution in [2.24, 2.45) is 0 Å². The van der Waals surface area contributed by atoms with Crippen LogP contribution in [0.4, 0.5) is 4.79 Å². The summed E-state index contributed by atoms with van der Waals surface area (Å²) in [5.41, 5.74) is 0.560. The van der Waals surface area contributed by atoms with Crippen molar-refractivity contribution in [3.05, 3.63) is 46.7 Å². The number of aromatic nitrogens is 2. The molecule has 1 aliphatic heterocycles. The normalized spacial score (nSPS) is 14.6. The Labute approximate surface area is 244 Å². The summed E-state index contributed by atoms with van der Waals surface area (Å²) in [5.74, 6) is -1.14. The van der Waals surface area contributed by atoms with Crippen LogP contribution in [-0.2, 0) is 23.9 Å². The molecule has 0 saturated carbocycles. The fourth-order valence-electron chi connectivity index (χ4n) is 4.06. The van der Waals surface area contributed by atoms with E-state index in [4.69, 9.17) is 25.9 Å². The minimum Gasteiger partial charge on any atom is -0.460 e. The monoisotopic (exact) mass is 589 g/mol. The lowest BCUT2D eigenvalue weighted by Crippen LogP contribution is -2.55. The molecular weight excluding hydrogens is 554 g/mol. The number of aryl methyl sites for hydroxylation is 1. The molecular formula is C28H36ClN5O7. The third kappa shape index (κ3) is 9.98. The van der Waals surface area contributed by atoms with Crippen molar-refractivity contribution < 1.29 is 33.5 Å². The van der Waals surface area contributed by atoms with E-state index in [2.05, 4.69) is 15.3 Å². The molecule has 12 nitrogen and oxygen atoms in total. The number of hydrogen-bond acceptors (Lipinski definition) is 10. The van der Waals surface area contributed by atoms with Crippen LogP contribution >= 0.6 is 11.6 Å². The molecule has 1 aromatic carbocycles. The Morgan fingerprint density at radius 1 is 1.07 bits per heavy atom. The predicted octanol–water partition coefficient (Wildman–Crippen LogP) is 3.56. The number of hydroxylamine groups is 2. The van der Waals surface area contributed by atoms with Crippen LogP contribution in [0.1, 0.15) is 56.7 Å². The molecule has 1 saturated heterocycles. The predicted molar refractivity (Wildman–Crippen MR) is 150 cm³/mol. The Hall–Kier alpha value is -3.77. The zero-order valence-corrected chi connectivity index (χ0v) is 24.7. The molecule has 0 unspecified atom stereocenters. The van der Waals surface area contributed by atoms with Crippen molar-refractivity contribution >= 4 is 35.5 Å². The van der Waals surface area contributed by atoms with Gasteiger partial charge in [0.2, 0.25) is 5.91 Å². The van der Waals surface area contributed by atoms with Gasteiger partial charge in [-0.3, -0.25) is 14.4 Å². The first kappa shape index (κ1) is 31.8. The van der Waals surface area contributed by atoms with E-state index < -0.39 is 29.7 Å². The molecule has 0 spiro atoms. The number of nitrogens with one attached hydrogen (secondary N) is 1. The highest BCUT2D eigenvalue weighted by atomic mass is 35.5. The summed E-state index contributed by atoms with van der Waals surface area (Å²) in [5, 5.41) is 4.67. The SMILES string of the molecule is CCOC(=O)ON1CCN(C(=O)[C@H](CCC(=O)OC(C)(C)C)NC(=O)c2cc(C)nc(-c3cccc(Cl)c3)n2)CC1. The van der Waals surface area contributed by atoms with Crippen LogP contribution in [0.15, 0.2) is 30.3 Å². The van der Waals surface area contributed by atoms with E-state index in [1.165, 1.54) is 11.1 Å². The fraction of sp³-hybridized carbons (Fsp3) is 0.500. The van der Waals surface area contributed by atoms with Crippen LogP contribution in [0.2, 0.25) is 5.02 Å². The van der Waals surface area contributed by atoms with E-state index in [-0.39, 0.29) is 57.2 Å². The topological polar surface area (TPSA) is 140 Å². The molecule has 1 N–H and O–H groups in total. The number of hydrogen-bond donors (Lipinski definition) is 1. The molecule has 222 valence electrons. The van der Waals surface area contributed by atoms with E-state index in [9.17, 15) is 19.2 Å². The number of esters is 1. The van der Waals surface area contributed by atoms with Crippen molar-refractivity contribution in [3.63, 3.8) is 0 Å². The average Bonchev–Trinajstić information content (AvgIpc) is 2.89. The highest BCUT2D eigenvalue weighted by molar-refractivity contribution is 6.30. The molecule has 1 fully saturated rings. The van der Waals surface area contributed by atoms with Crippen LogP contribution in [0.3, 0.4) is 0 Å². The maximum absolute atomic E-state index is 13.5. The first-order chi connectivity index (χ1) is 19.3. The zero-order valence-electron chi connectivity index (χ0n) is 23.9. The van der Waals surface area contributed by atoms with Gasteiger partial charge < -0.3 is 24.5 Å². The number of piperazine rings is 1. The number of carbonyl (C=O) groups is 4. The second-order valence-corrected chi connectivity index (χ2v) is 10.8. The van der Waals surface area contributed by atoms with Gasteiger partial charge in [-0.2, -0.15) is 0 Å². The molecule has 1 aromatic heterocycles. The molecule has 2 heterocycles. The number of ether oxygens (including phenoxy) is 2. The lowest BCUT2D eigenvalue weighted by atomic mass is 10.1. The highest BCUT2D eigenvalue weighted by Crippen LogP contribution is 2.20. The zero-order chi connectivity index (χ0) is 30.2. The van der Waals surface area contributed by atoms with Crippen molar-refractivity contribution in [2.75, 3.05) is 32.8 Å². The number of carbonyl (C=O) groups excluding carboxylic acids is 4. The Balaban J connectivity index is 1.75. The molecule has 2 amide bonds. The Bertz CT molecular complexity index is 1260. The van der Waals surface area contributed by atoms with Crippen LogP contribution < -0.4 is 5.32 Å². The molecule has 41 heavy (non-hydrogen) atoms. The van der Waals surface area contributed by atoms with Gasteiger partial charge in [-0.1, -0.05) is 23.7 Å². The molecule has 0 aliphatic carbocycles. The molecule has 1 aliphatic rings. The summed E-state index contributed by atoms with van der Waals surface area (Å²) in [4.78, 5) is 66.4. The largest absolute Gasteiger partial charge is 0.527 e. The second-order valence-electron chi connectivity index (χ2n) is 10.4. The number of nitrogens with zero attached hydrogens (tertiary/aromatic N) is 4. The summed E-state index contributed by atoms with van der Waals surface area (Å²) < 4.78 is 10.2. The number of benzene rings is 1. The minimum absolute atomic E-state index is 0.0181. The Morgan fingerprint density at radius 3 is 2.41 bits per heavy atom. The molecule has 1 atom stereocenters. The van der Waals surface area contributed by atoms with Crippen molar-refractivity contribution in [1.29, 1.82) is 0 Å². The van der Waals surface area contributed by atoms with Crippen LogP contribution in [-0.4, -0.2) is 88.3 Å². The van der Waals surface area contributed by atoms with Gasteiger partial charge in [0.05, 0.1) is 19.7 Å². The third-order valence-corrected chi connectivity index (χ3v) is 6.08. The third-order valence-electron chi connectivity index (χ3n) is 5.85. The average molecular weight is 590 g/mol. The Morgan fingerprint density at radius 2 is 1.78 bits per heavy atom. The van der Waals surface area contributed by atoms with E-state index in [0.717, 1.165) is 0 Å². The van der Waals surface area contributed by atoms with Gasteiger partial charge in [0, 0.05) is 35.8 Å². The number of amides is 2. The van der Waals surface area contributed by atoms with E-state index in [0.29, 0.717) is 22.1 Å². The van der Waals surface area contributed by atoms with Gasteiger partial charge in [0.1, 0.15) is 17.3 Å². The second kappa shape index (κ2) is 14.2. The maximum atomic E-state index is 13.5. The lowest BCUT2D eigenvalue weighted by molar-refractivity contribution is -0.158. The van der Waals surface area contributed by atoms with Gasteiger partial charge in [-0.15, -0.1) is 5.06 Å². The van der Waals surface area contributed by atoms with E-state index in [1.54, 1.807) is 63.8 Å². The first-order valence-electron chi connectivity index (χ1n) is 13.4. The summed E-state index contributed by atoms with van der Waals surface area (Å²) in [6.07, 6.45) is -0.882. The Kier molecular flexibility index (Phi) is 11.0. The van der Waals surface area contributed by atoms with Gasteiger partial charge in [0.25, 0.3) is 5.91 Å². The van der Waals surface area contributed by atoms with Gasteiger partial charge in [-0.25, -0.2) is 14.8 Å². The van der Waals surface area contributed by atoms with Gasteiger partial charge >= 0.3 is 12.1 Å². The molecule has 0 bridgehead atoms. The fourth-order valence-corrected chi connectivity index (χ4v) is 4.25. The van der Waals surface area contributed by atoms with Crippen molar-refractivity contribution in [1.82, 2.24) is 25.2 Å². The quantitative estimate of drug-likeness (QED) is 0.432. The minimum atomic E-state index is -1.03. The summed E-state index contributed by atoms with van der Waals surface area (Å²) in [6.45, 7) is 9.83. The summed E-state index contributed by atoms with van der Waals surface area (Å²) in [6, 6.07) is 7.43. The molecule has 13 heteroatoms. The van der Waals surface area contributed by atoms with E-state index in [1.807, 2.05) is 0 Å². The smallest absolute Gasteiger partial charge is 0.460 e. The lowest BCUT2D eigenvalue weighted by Gasteiger charge is -2.35. The van der Waals surface area contributed by atoms with Gasteiger partial charge in [0.15, 0.2) is 5.82 Å². The summed E-state index contributed by atoms with van der Waals surface area (Å²) >= 11 is 6.11. The molecule has 2 aromatic rings. The molecule has 3 rings (SSSR count). The first-order valence-corrected chi connectivity index (χ1v) is 13.7.